The van der Waals surface area contributed by atoms with Crippen molar-refractivity contribution >= 4 is 33.2 Å². The number of nitrogens with one attached hydrogen (secondary N) is 1. The van der Waals surface area contributed by atoms with E-state index < -0.39 is 11.7 Å². The number of carbonyl (C=O) groups excluding carboxylic acids is 1. The Morgan fingerprint density at radius 1 is 1.25 bits per heavy atom. The molecule has 3 nitrogen and oxygen atoms in total. The van der Waals surface area contributed by atoms with Crippen LogP contribution in [-0.4, -0.2) is 5.91 Å². The fraction of sp³-hybridized carbons (Fsp3) is 0.133. The summed E-state index contributed by atoms with van der Waals surface area (Å²) in [5.74, 6) is -0.889. The molecule has 0 aliphatic heterocycles. The lowest BCUT2D eigenvalue weighted by Gasteiger charge is -2.10. The van der Waals surface area contributed by atoms with Crippen molar-refractivity contribution in [3.63, 3.8) is 0 Å². The Labute approximate surface area is 125 Å². The van der Waals surface area contributed by atoms with E-state index in [2.05, 4.69) is 21.2 Å². The van der Waals surface area contributed by atoms with Crippen LogP contribution >= 0.6 is 15.9 Å². The first-order valence-electron chi connectivity index (χ1n) is 6.01. The van der Waals surface area contributed by atoms with E-state index in [-0.39, 0.29) is 11.3 Å². The zero-order valence-electron chi connectivity index (χ0n) is 11.1. The summed E-state index contributed by atoms with van der Waals surface area (Å²) in [5, 5.41) is 2.73. The van der Waals surface area contributed by atoms with Crippen LogP contribution in [0.5, 0.6) is 0 Å². The van der Waals surface area contributed by atoms with Crippen molar-refractivity contribution in [3.8, 4) is 0 Å². The van der Waals surface area contributed by atoms with E-state index in [0.29, 0.717) is 11.3 Å². The van der Waals surface area contributed by atoms with Gasteiger partial charge in [-0.25, -0.2) is 4.39 Å². The number of amides is 1. The van der Waals surface area contributed by atoms with E-state index in [0.717, 1.165) is 10.0 Å². The van der Waals surface area contributed by atoms with Crippen LogP contribution in [0.3, 0.4) is 0 Å². The summed E-state index contributed by atoms with van der Waals surface area (Å²) in [7, 11) is 0. The Kier molecular flexibility index (Phi) is 4.09. The zero-order valence-corrected chi connectivity index (χ0v) is 12.7. The summed E-state index contributed by atoms with van der Waals surface area (Å²) in [5.41, 5.74) is 8.13. The van der Waals surface area contributed by atoms with Gasteiger partial charge < -0.3 is 11.1 Å². The summed E-state index contributed by atoms with van der Waals surface area (Å²) in [6, 6.07) is 8.25. The number of nitrogens with two attached hydrogens (primary N) is 1. The molecule has 104 valence electrons. The van der Waals surface area contributed by atoms with E-state index in [4.69, 9.17) is 5.73 Å². The van der Waals surface area contributed by atoms with Crippen LogP contribution in [0, 0.1) is 19.7 Å². The van der Waals surface area contributed by atoms with Gasteiger partial charge in [0.25, 0.3) is 5.91 Å². The molecule has 0 spiro atoms. The second-order valence-corrected chi connectivity index (χ2v) is 5.46. The van der Waals surface area contributed by atoms with Crippen molar-refractivity contribution in [2.24, 2.45) is 0 Å². The average molecular weight is 337 g/mol. The lowest BCUT2D eigenvalue weighted by atomic mass is 10.1. The average Bonchev–Trinajstić information content (AvgIpc) is 2.39. The molecule has 2 aromatic carbocycles. The lowest BCUT2D eigenvalue weighted by Crippen LogP contribution is -2.13. The standard InChI is InChI=1S/C15H14BrFN2O/c1-8-3-4-11(16)14(5-8)19-15(20)10-6-12(17)9(2)13(18)7-10/h3-7H,18H2,1-2H3,(H,19,20). The summed E-state index contributed by atoms with van der Waals surface area (Å²) >= 11 is 3.36. The number of rotatable bonds is 2. The van der Waals surface area contributed by atoms with Crippen LogP contribution < -0.4 is 11.1 Å². The third-order valence-corrected chi connectivity index (χ3v) is 3.71. The topological polar surface area (TPSA) is 55.1 Å². The Morgan fingerprint density at radius 2 is 1.95 bits per heavy atom. The summed E-state index contributed by atoms with van der Waals surface area (Å²) in [6.45, 7) is 3.50. The highest BCUT2D eigenvalue weighted by Crippen LogP contribution is 2.25. The van der Waals surface area contributed by atoms with Gasteiger partial charge in [0.2, 0.25) is 0 Å². The maximum Gasteiger partial charge on any atom is 0.255 e. The lowest BCUT2D eigenvalue weighted by molar-refractivity contribution is 0.102. The molecule has 0 saturated heterocycles. The Balaban J connectivity index is 2.31. The molecule has 0 saturated carbocycles. The molecule has 20 heavy (non-hydrogen) atoms. The van der Waals surface area contributed by atoms with E-state index in [1.807, 2.05) is 25.1 Å². The van der Waals surface area contributed by atoms with Gasteiger partial charge in [-0.05, 0) is 59.6 Å². The number of hydrogen-bond acceptors (Lipinski definition) is 2. The molecular weight excluding hydrogens is 323 g/mol. The minimum atomic E-state index is -0.488. The molecule has 0 fully saturated rings. The van der Waals surface area contributed by atoms with Crippen LogP contribution in [0.2, 0.25) is 0 Å². The Bertz CT molecular complexity index is 663. The quantitative estimate of drug-likeness (QED) is 0.813. The van der Waals surface area contributed by atoms with Gasteiger partial charge in [0.05, 0.1) is 5.69 Å². The fourth-order valence-electron chi connectivity index (χ4n) is 1.76. The first-order valence-corrected chi connectivity index (χ1v) is 6.81. The van der Waals surface area contributed by atoms with Crippen LogP contribution in [-0.2, 0) is 0 Å². The predicted octanol–water partition coefficient (Wildman–Crippen LogP) is 4.04. The van der Waals surface area contributed by atoms with E-state index in [1.54, 1.807) is 6.92 Å². The second kappa shape index (κ2) is 5.63. The number of carbonyl (C=O) groups is 1. The van der Waals surface area contributed by atoms with Gasteiger partial charge >= 0.3 is 0 Å². The molecule has 0 radical (unpaired) electrons. The summed E-state index contributed by atoms with van der Waals surface area (Å²) in [4.78, 5) is 12.1. The maximum atomic E-state index is 13.6. The first-order chi connectivity index (χ1) is 9.38. The van der Waals surface area contributed by atoms with Gasteiger partial charge in [-0.15, -0.1) is 0 Å². The Morgan fingerprint density at radius 3 is 2.60 bits per heavy atom. The van der Waals surface area contributed by atoms with Gasteiger partial charge in [0.1, 0.15) is 5.82 Å². The molecule has 0 heterocycles. The molecule has 1 amide bonds. The van der Waals surface area contributed by atoms with E-state index in [1.165, 1.54) is 12.1 Å². The molecule has 0 aromatic heterocycles. The second-order valence-electron chi connectivity index (χ2n) is 4.61. The first kappa shape index (κ1) is 14.5. The van der Waals surface area contributed by atoms with Crippen LogP contribution in [0.25, 0.3) is 0 Å². The molecule has 3 N–H and O–H groups in total. The van der Waals surface area contributed by atoms with Crippen molar-refractivity contribution < 1.29 is 9.18 Å². The smallest absolute Gasteiger partial charge is 0.255 e. The van der Waals surface area contributed by atoms with Gasteiger partial charge in [-0.2, -0.15) is 0 Å². The number of aryl methyl sites for hydroxylation is 1. The third-order valence-electron chi connectivity index (χ3n) is 3.02. The van der Waals surface area contributed by atoms with Gasteiger partial charge in [0.15, 0.2) is 0 Å². The highest BCUT2D eigenvalue weighted by atomic mass is 79.9. The van der Waals surface area contributed by atoms with Crippen LogP contribution in [0.4, 0.5) is 15.8 Å². The van der Waals surface area contributed by atoms with Gasteiger partial charge in [0, 0.05) is 21.3 Å². The summed E-state index contributed by atoms with van der Waals surface area (Å²) in [6.07, 6.45) is 0. The third kappa shape index (κ3) is 2.99. The Hall–Kier alpha value is -1.88. The van der Waals surface area contributed by atoms with Crippen molar-refractivity contribution in [1.29, 1.82) is 0 Å². The van der Waals surface area contributed by atoms with Gasteiger partial charge in [-0.3, -0.25) is 4.79 Å². The maximum absolute atomic E-state index is 13.6. The van der Waals surface area contributed by atoms with Crippen molar-refractivity contribution in [3.05, 3.63) is 57.3 Å². The number of benzene rings is 2. The van der Waals surface area contributed by atoms with Crippen molar-refractivity contribution in [2.45, 2.75) is 13.8 Å². The molecule has 0 unspecified atom stereocenters. The zero-order chi connectivity index (χ0) is 14.9. The highest BCUT2D eigenvalue weighted by Gasteiger charge is 2.12. The molecule has 2 aromatic rings. The van der Waals surface area contributed by atoms with Crippen molar-refractivity contribution in [1.82, 2.24) is 0 Å². The minimum absolute atomic E-state index is 0.194. The number of halogens is 2. The molecule has 0 atom stereocenters. The monoisotopic (exact) mass is 336 g/mol. The number of nitrogen functional groups attached to an aromatic ring is 1. The molecular formula is C15H14BrFN2O. The highest BCUT2D eigenvalue weighted by molar-refractivity contribution is 9.10. The van der Waals surface area contributed by atoms with E-state index in [9.17, 15) is 9.18 Å². The normalized spacial score (nSPS) is 10.4. The summed E-state index contributed by atoms with van der Waals surface area (Å²) < 4.78 is 14.4. The molecule has 0 bridgehead atoms. The van der Waals surface area contributed by atoms with E-state index >= 15 is 0 Å². The molecule has 2 rings (SSSR count). The van der Waals surface area contributed by atoms with Crippen molar-refractivity contribution in [2.75, 3.05) is 11.1 Å². The molecule has 0 aliphatic carbocycles. The number of anilines is 2. The largest absolute Gasteiger partial charge is 0.398 e. The van der Waals surface area contributed by atoms with Crippen LogP contribution in [0.1, 0.15) is 21.5 Å². The fourth-order valence-corrected chi connectivity index (χ4v) is 2.11. The predicted molar refractivity (Wildman–Crippen MR) is 82.4 cm³/mol. The number of hydrogen-bond donors (Lipinski definition) is 2. The van der Waals surface area contributed by atoms with Gasteiger partial charge in [-0.1, -0.05) is 6.07 Å². The SMILES string of the molecule is Cc1ccc(Br)c(NC(=O)c2cc(N)c(C)c(F)c2)c1. The molecule has 5 heteroatoms. The van der Waals surface area contributed by atoms with Crippen LogP contribution in [0.15, 0.2) is 34.8 Å². The molecule has 0 aliphatic rings. The minimum Gasteiger partial charge on any atom is -0.398 e.